The molecule has 23 heteroatoms. The molecule has 22 nitrogen and oxygen atoms in total. The molecule has 0 bridgehead atoms. The first kappa shape index (κ1) is 57.1. The van der Waals surface area contributed by atoms with Crippen LogP contribution in [0.1, 0.15) is 118 Å². The maximum atomic E-state index is 15.6. The van der Waals surface area contributed by atoms with Crippen molar-refractivity contribution in [2.45, 2.75) is 135 Å². The molecule has 3 aliphatic rings. The number of imide groups is 1. The number of cyclic esters (lactones) is 1. The number of fused-ring (bicyclic) bond motifs is 5. The van der Waals surface area contributed by atoms with Crippen LogP contribution in [0, 0.1) is 12.7 Å². The maximum absolute atomic E-state index is 15.6. The number of halogens is 1. The summed E-state index contributed by atoms with van der Waals surface area (Å²) in [5.41, 5.74) is 12.0. The normalized spacial score (nSPS) is 16.9. The van der Waals surface area contributed by atoms with Crippen LogP contribution in [0.25, 0.3) is 22.3 Å². The molecule has 4 aromatic rings. The number of alkyl carbamates (subject to hydrolysis) is 1. The van der Waals surface area contributed by atoms with Crippen molar-refractivity contribution in [3.8, 4) is 11.4 Å². The van der Waals surface area contributed by atoms with Crippen molar-refractivity contribution in [1.82, 2.24) is 41.0 Å². The van der Waals surface area contributed by atoms with Crippen LogP contribution in [0.5, 0.6) is 0 Å². The predicted octanol–water partition coefficient (Wildman–Crippen LogP) is 1.71. The molecule has 1 aliphatic carbocycles. The Balaban J connectivity index is 1.10. The smallest absolute Gasteiger partial charge is 0.414 e. The minimum atomic E-state index is -2.08. The Labute approximate surface area is 443 Å². The number of nitrogens with two attached hydrogens (primary N) is 2. The van der Waals surface area contributed by atoms with E-state index >= 15 is 4.39 Å². The number of aromatic nitrogens is 2. The number of hydrogen-bond acceptors (Lipinski definition) is 15. The molecule has 0 spiro atoms. The van der Waals surface area contributed by atoms with E-state index in [0.29, 0.717) is 83.2 Å². The van der Waals surface area contributed by atoms with Crippen LogP contribution in [0.4, 0.5) is 9.18 Å². The number of benzene rings is 2. The average Bonchev–Trinajstić information content (AvgIpc) is 3.93. The van der Waals surface area contributed by atoms with Gasteiger partial charge in [0.15, 0.2) is 5.60 Å². The third-order valence-electron chi connectivity index (χ3n) is 13.9. The van der Waals surface area contributed by atoms with Crippen molar-refractivity contribution >= 4 is 58.4 Å². The summed E-state index contributed by atoms with van der Waals surface area (Å²) < 4.78 is 27.5. The second-order valence-corrected chi connectivity index (χ2v) is 20.6. The Bertz CT molecular complexity index is 3050. The van der Waals surface area contributed by atoms with Crippen LogP contribution in [0.2, 0.25) is 0 Å². The fourth-order valence-electron chi connectivity index (χ4n) is 9.99. The lowest BCUT2D eigenvalue weighted by molar-refractivity contribution is -0.172. The van der Waals surface area contributed by atoms with Crippen molar-refractivity contribution in [3.63, 3.8) is 0 Å². The summed E-state index contributed by atoms with van der Waals surface area (Å²) in [6, 6.07) is 8.69. The minimum absolute atomic E-state index is 0.0211. The van der Waals surface area contributed by atoms with E-state index in [1.165, 1.54) is 10.6 Å². The highest BCUT2D eigenvalue weighted by atomic mass is 19.1. The van der Waals surface area contributed by atoms with Gasteiger partial charge in [0, 0.05) is 42.0 Å². The van der Waals surface area contributed by atoms with E-state index in [-0.39, 0.29) is 62.0 Å². The summed E-state index contributed by atoms with van der Waals surface area (Å²) in [4.78, 5) is 126. The summed E-state index contributed by atoms with van der Waals surface area (Å²) >= 11 is 0. The lowest BCUT2D eigenvalue weighted by Crippen LogP contribution is -2.54. The van der Waals surface area contributed by atoms with E-state index in [1.807, 2.05) is 0 Å². The highest BCUT2D eigenvalue weighted by molar-refractivity contribution is 5.97. The molecule has 10 N–H and O–H groups in total. The molecule has 7 rings (SSSR count). The van der Waals surface area contributed by atoms with Gasteiger partial charge in [-0.15, -0.1) is 0 Å². The maximum Gasteiger partial charge on any atom is 0.414 e. The molecule has 2 aromatic carbocycles. The largest absolute Gasteiger partial charge is 0.458 e. The lowest BCUT2D eigenvalue weighted by atomic mass is 9.81. The Morgan fingerprint density at radius 3 is 2.40 bits per heavy atom. The van der Waals surface area contributed by atoms with Gasteiger partial charge < -0.3 is 56.8 Å². The molecule has 2 aromatic heterocycles. The zero-order chi connectivity index (χ0) is 55.9. The number of hydrogen-bond donors (Lipinski definition) is 8. The molecule has 4 heterocycles. The number of carbonyl (C=O) groups excluding carboxylic acids is 8. The second kappa shape index (κ2) is 24.1. The van der Waals surface area contributed by atoms with Crippen molar-refractivity contribution in [2.75, 3.05) is 32.7 Å². The summed E-state index contributed by atoms with van der Waals surface area (Å²) in [6.07, 6.45) is 0.979. The number of ether oxygens (including phenoxy) is 2. The number of aliphatic hydroxyl groups is 1. The van der Waals surface area contributed by atoms with Crippen LogP contribution < -0.4 is 43.6 Å². The molecule has 7 amide bonds. The molecule has 0 saturated carbocycles. The van der Waals surface area contributed by atoms with Gasteiger partial charge >= 0.3 is 12.1 Å². The Kier molecular flexibility index (Phi) is 17.9. The van der Waals surface area contributed by atoms with E-state index in [0.717, 1.165) is 4.90 Å². The molecular weight excluding hydrogens is 1000 g/mol. The van der Waals surface area contributed by atoms with E-state index in [1.54, 1.807) is 71.0 Å². The zero-order valence-electron chi connectivity index (χ0n) is 43.9. The molecule has 2 aliphatic heterocycles. The van der Waals surface area contributed by atoms with Crippen LogP contribution in [0.3, 0.4) is 0 Å². The van der Waals surface area contributed by atoms with E-state index in [4.69, 9.17) is 25.9 Å². The average molecular weight is 1070 g/mol. The first-order chi connectivity index (χ1) is 36.5. The van der Waals surface area contributed by atoms with Gasteiger partial charge in [-0.05, 0) is 101 Å². The van der Waals surface area contributed by atoms with Gasteiger partial charge in [-0.2, -0.15) is 0 Å². The van der Waals surface area contributed by atoms with Crippen LogP contribution in [-0.2, 0) is 74.6 Å². The van der Waals surface area contributed by atoms with Crippen LogP contribution >= 0.6 is 0 Å². The SMILES string of the molecule is CC[C@@]1(O)C(=O)OCc2c1cc1n(c2=O)Cc2c-1nc1cc(F)c(C)c3c1c2[C@@H](NC(=O)CCCN(CC(=O)NC(=O)OC(C)(C)C)C(=O)[C@H](Cc1ccccc1)NC(=O)CNC(=O)CNC(=O)[C@@H](N)CCCCN)CC3. The zero-order valence-corrected chi connectivity index (χ0v) is 43.9. The van der Waals surface area contributed by atoms with Crippen molar-refractivity contribution in [1.29, 1.82) is 0 Å². The van der Waals surface area contributed by atoms with Gasteiger partial charge in [0.1, 0.15) is 30.6 Å². The second-order valence-electron chi connectivity index (χ2n) is 20.6. The van der Waals surface area contributed by atoms with Gasteiger partial charge in [0.05, 0.1) is 54.2 Å². The molecule has 77 heavy (non-hydrogen) atoms. The first-order valence-electron chi connectivity index (χ1n) is 25.8. The fourth-order valence-corrected chi connectivity index (χ4v) is 9.99. The van der Waals surface area contributed by atoms with Gasteiger partial charge in [-0.3, -0.25) is 38.9 Å². The Morgan fingerprint density at radius 1 is 0.974 bits per heavy atom. The number of nitrogens with zero attached hydrogens (tertiary/aromatic N) is 3. The summed E-state index contributed by atoms with van der Waals surface area (Å²) in [5, 5.41) is 24.8. The molecule has 0 radical (unpaired) electrons. The third kappa shape index (κ3) is 13.1. The highest BCUT2D eigenvalue weighted by Crippen LogP contribution is 2.46. The van der Waals surface area contributed by atoms with Gasteiger partial charge in [0.25, 0.3) is 5.56 Å². The molecule has 4 atom stereocenters. The Morgan fingerprint density at radius 2 is 1.70 bits per heavy atom. The Hall–Kier alpha value is -7.63. The van der Waals surface area contributed by atoms with Crippen molar-refractivity contribution in [3.05, 3.63) is 97.6 Å². The van der Waals surface area contributed by atoms with Gasteiger partial charge in [-0.1, -0.05) is 43.7 Å². The number of nitrogens with one attached hydrogen (secondary N) is 5. The van der Waals surface area contributed by atoms with Crippen molar-refractivity contribution < 1.29 is 57.3 Å². The molecule has 0 saturated heterocycles. The number of esters is 1. The summed E-state index contributed by atoms with van der Waals surface area (Å²) in [5.74, 6) is -5.53. The molecule has 0 unspecified atom stereocenters. The quantitative estimate of drug-likeness (QED) is 0.0383. The number of rotatable bonds is 21. The van der Waals surface area contributed by atoms with E-state index in [9.17, 15) is 48.3 Å². The predicted molar refractivity (Wildman–Crippen MR) is 278 cm³/mol. The first-order valence-corrected chi connectivity index (χ1v) is 25.8. The number of pyridine rings is 2. The number of carbonyl (C=O) groups is 8. The summed E-state index contributed by atoms with van der Waals surface area (Å²) in [7, 11) is 0. The van der Waals surface area contributed by atoms with Crippen LogP contribution in [-0.4, -0.2) is 117 Å². The van der Waals surface area contributed by atoms with Crippen molar-refractivity contribution in [2.24, 2.45) is 11.5 Å². The monoisotopic (exact) mass is 1070 g/mol. The number of amides is 7. The van der Waals surface area contributed by atoms with Gasteiger partial charge in [0.2, 0.25) is 35.4 Å². The highest BCUT2D eigenvalue weighted by Gasteiger charge is 2.46. The molecule has 412 valence electrons. The topological polar surface area (TPSA) is 326 Å². The minimum Gasteiger partial charge on any atom is -0.458 e. The van der Waals surface area contributed by atoms with E-state index in [2.05, 4.69) is 26.6 Å². The third-order valence-corrected chi connectivity index (χ3v) is 13.9. The lowest BCUT2D eigenvalue weighted by Gasteiger charge is -2.31. The number of aryl methyl sites for hydroxylation is 1. The van der Waals surface area contributed by atoms with Gasteiger partial charge in [-0.25, -0.2) is 19.0 Å². The summed E-state index contributed by atoms with van der Waals surface area (Å²) in [6.45, 7) is 6.23. The van der Waals surface area contributed by atoms with Crippen LogP contribution in [0.15, 0.2) is 47.3 Å². The molecule has 0 fully saturated rings. The number of unbranched alkanes of at least 4 members (excludes halogenated alkanes) is 1. The standard InChI is InChI=1S/C54H67FN10O12/c1-6-54(75)34-22-40-47-32(26-65(40)49(71)33(34)28-76-51(54)73)46-37(18-17-31-29(2)35(55)23-38(62-47)45(31)46)60-41(66)16-12-20-64(27-44(69)63-52(74)77-53(3,4)5)50(72)39(21-30-13-8-7-9-14-30)61-43(68)25-58-42(67)24-59-48(70)36(57)15-10-11-19-56/h7-9,13-14,22-23,36-37,39,75H,6,10-12,15-21,24-28,56-57H2,1-5H3,(H,58,67)(H,59,70)(H,60,66)(H,61,68)(H,63,69,74)/t36-,37-,39-,54-/m0/s1. The molecular formula is C54H67FN10O12. The van der Waals surface area contributed by atoms with E-state index < -0.39 is 108 Å². The fraction of sp³-hybridized carbons (Fsp3) is 0.481.